The molecule has 2 heterocycles. The molecule has 0 spiro atoms. The molecule has 0 radical (unpaired) electrons. The number of hydrogen-bond donors (Lipinski definition) is 2. The molecule has 0 bridgehead atoms. The van der Waals surface area contributed by atoms with Crippen LogP contribution in [0.25, 0.3) is 10.9 Å². The maximum absolute atomic E-state index is 12.2. The largest absolute Gasteiger partial charge is 0.444 e. The molecule has 0 aliphatic carbocycles. The summed E-state index contributed by atoms with van der Waals surface area (Å²) in [6.07, 6.45) is 9.11. The van der Waals surface area contributed by atoms with Gasteiger partial charge in [0.15, 0.2) is 0 Å². The molecule has 0 atom stereocenters. The van der Waals surface area contributed by atoms with Crippen molar-refractivity contribution in [3.63, 3.8) is 0 Å². The first-order valence-corrected chi connectivity index (χ1v) is 9.14. The van der Waals surface area contributed by atoms with Crippen LogP contribution >= 0.6 is 0 Å². The predicted molar refractivity (Wildman–Crippen MR) is 105 cm³/mol. The van der Waals surface area contributed by atoms with E-state index in [1.807, 2.05) is 37.8 Å². The molecule has 3 rings (SSSR count). The van der Waals surface area contributed by atoms with Crippen LogP contribution in [0.1, 0.15) is 45.1 Å². The van der Waals surface area contributed by atoms with Gasteiger partial charge in [0, 0.05) is 24.7 Å². The van der Waals surface area contributed by atoms with Crippen molar-refractivity contribution in [2.75, 3.05) is 25.0 Å². The fourth-order valence-corrected chi connectivity index (χ4v) is 3.51. The van der Waals surface area contributed by atoms with Crippen molar-refractivity contribution in [3.05, 3.63) is 30.0 Å². The molecule has 5 nitrogen and oxygen atoms in total. The molecule has 26 heavy (non-hydrogen) atoms. The monoisotopic (exact) mass is 353 g/mol. The number of amides is 1. The van der Waals surface area contributed by atoms with Gasteiger partial charge in [0.1, 0.15) is 5.60 Å². The van der Waals surface area contributed by atoms with E-state index in [0.29, 0.717) is 12.5 Å². The normalized spacial score (nSPS) is 15.7. The Bertz CT molecular complexity index is 818. The molecule has 1 aliphatic rings. The van der Waals surface area contributed by atoms with Gasteiger partial charge in [-0.15, -0.1) is 6.42 Å². The molecule has 1 saturated heterocycles. The standard InChI is InChI=1S/C21H27N3O2/c1-5-11-22-18-8-6-7-16-17(14-23-19(16)18)15-9-12-24(13-10-15)20(25)26-21(2,3)4/h1,6-8,14-15,22-23H,9-13H2,2-4H3. The number of carbonyl (C=O) groups excluding carboxylic acids is 1. The van der Waals surface area contributed by atoms with E-state index in [-0.39, 0.29) is 6.09 Å². The number of aromatic nitrogens is 1. The van der Waals surface area contributed by atoms with E-state index in [1.54, 1.807) is 0 Å². The van der Waals surface area contributed by atoms with Crippen molar-refractivity contribution < 1.29 is 9.53 Å². The fraction of sp³-hybridized carbons (Fsp3) is 0.476. The highest BCUT2D eigenvalue weighted by atomic mass is 16.6. The van der Waals surface area contributed by atoms with Gasteiger partial charge in [0.25, 0.3) is 0 Å². The summed E-state index contributed by atoms with van der Waals surface area (Å²) >= 11 is 0. The molecule has 5 heteroatoms. The smallest absolute Gasteiger partial charge is 0.410 e. The van der Waals surface area contributed by atoms with Crippen molar-refractivity contribution in [2.45, 2.75) is 45.1 Å². The summed E-state index contributed by atoms with van der Waals surface area (Å²) in [4.78, 5) is 17.4. The highest BCUT2D eigenvalue weighted by Gasteiger charge is 2.28. The lowest BCUT2D eigenvalue weighted by Gasteiger charge is -2.33. The topological polar surface area (TPSA) is 57.4 Å². The Kier molecular flexibility index (Phi) is 5.13. The van der Waals surface area contributed by atoms with Gasteiger partial charge in [-0.3, -0.25) is 0 Å². The van der Waals surface area contributed by atoms with Crippen molar-refractivity contribution in [1.82, 2.24) is 9.88 Å². The molecular weight excluding hydrogens is 326 g/mol. The number of fused-ring (bicyclic) bond motifs is 1. The lowest BCUT2D eigenvalue weighted by atomic mass is 9.89. The number of ether oxygens (including phenoxy) is 1. The van der Waals surface area contributed by atoms with Crippen LogP contribution in [0, 0.1) is 12.3 Å². The number of anilines is 1. The molecule has 1 fully saturated rings. The number of nitrogens with one attached hydrogen (secondary N) is 2. The maximum Gasteiger partial charge on any atom is 0.410 e. The van der Waals surface area contributed by atoms with Crippen LogP contribution in [0.5, 0.6) is 0 Å². The number of nitrogens with zero attached hydrogens (tertiary/aromatic N) is 1. The molecule has 2 aromatic rings. The summed E-state index contributed by atoms with van der Waals surface area (Å²) in [5, 5.41) is 4.49. The molecule has 1 aliphatic heterocycles. The van der Waals surface area contributed by atoms with Gasteiger partial charge in [0.05, 0.1) is 17.7 Å². The Balaban J connectivity index is 1.70. The first kappa shape index (κ1) is 18.2. The average Bonchev–Trinajstić information content (AvgIpc) is 3.03. The second kappa shape index (κ2) is 7.33. The zero-order valence-electron chi connectivity index (χ0n) is 15.8. The minimum Gasteiger partial charge on any atom is -0.444 e. The van der Waals surface area contributed by atoms with Crippen molar-refractivity contribution in [1.29, 1.82) is 0 Å². The van der Waals surface area contributed by atoms with Gasteiger partial charge in [-0.05, 0) is 51.2 Å². The van der Waals surface area contributed by atoms with E-state index in [1.165, 1.54) is 10.9 Å². The second-order valence-corrected chi connectivity index (χ2v) is 7.77. The SMILES string of the molecule is C#CCNc1cccc2c(C3CCN(C(=O)OC(C)(C)C)CC3)c[nH]c12. The van der Waals surface area contributed by atoms with E-state index in [4.69, 9.17) is 11.2 Å². The number of aromatic amines is 1. The molecule has 1 amide bonds. The molecule has 1 aromatic carbocycles. The summed E-state index contributed by atoms with van der Waals surface area (Å²) < 4.78 is 5.48. The molecule has 1 aromatic heterocycles. The summed E-state index contributed by atoms with van der Waals surface area (Å²) in [6, 6.07) is 6.22. The Morgan fingerprint density at radius 3 is 2.77 bits per heavy atom. The summed E-state index contributed by atoms with van der Waals surface area (Å²) in [6.45, 7) is 7.64. The number of benzene rings is 1. The third-order valence-corrected chi connectivity index (χ3v) is 4.71. The Morgan fingerprint density at radius 1 is 1.38 bits per heavy atom. The number of carbonyl (C=O) groups is 1. The highest BCUT2D eigenvalue weighted by Crippen LogP contribution is 2.35. The second-order valence-electron chi connectivity index (χ2n) is 7.77. The van der Waals surface area contributed by atoms with Crippen LogP contribution in [-0.2, 0) is 4.74 Å². The first-order valence-electron chi connectivity index (χ1n) is 9.14. The van der Waals surface area contributed by atoms with E-state index < -0.39 is 5.60 Å². The van der Waals surface area contributed by atoms with Gasteiger partial charge in [0.2, 0.25) is 0 Å². The van der Waals surface area contributed by atoms with E-state index >= 15 is 0 Å². The first-order chi connectivity index (χ1) is 12.4. The number of rotatable bonds is 3. The Hall–Kier alpha value is -2.61. The van der Waals surface area contributed by atoms with E-state index in [9.17, 15) is 4.79 Å². The summed E-state index contributed by atoms with van der Waals surface area (Å²) in [7, 11) is 0. The predicted octanol–water partition coefficient (Wildman–Crippen LogP) is 4.33. The number of likely N-dealkylation sites (tertiary alicyclic amines) is 1. The third-order valence-electron chi connectivity index (χ3n) is 4.71. The molecule has 2 N–H and O–H groups in total. The molecule has 138 valence electrons. The lowest BCUT2D eigenvalue weighted by molar-refractivity contribution is 0.0205. The number of piperidine rings is 1. The number of hydrogen-bond acceptors (Lipinski definition) is 3. The third kappa shape index (κ3) is 3.96. The van der Waals surface area contributed by atoms with Gasteiger partial charge in [-0.1, -0.05) is 18.1 Å². The van der Waals surface area contributed by atoms with Gasteiger partial charge >= 0.3 is 6.09 Å². The Labute approximate surface area is 155 Å². The molecule has 0 unspecified atom stereocenters. The van der Waals surface area contributed by atoms with E-state index in [0.717, 1.165) is 37.1 Å². The van der Waals surface area contributed by atoms with Crippen LogP contribution in [0.4, 0.5) is 10.5 Å². The van der Waals surface area contributed by atoms with Crippen LogP contribution < -0.4 is 5.32 Å². The summed E-state index contributed by atoms with van der Waals surface area (Å²) in [5.41, 5.74) is 2.98. The number of para-hydroxylation sites is 1. The molecular formula is C21H27N3O2. The minimum atomic E-state index is -0.452. The van der Waals surface area contributed by atoms with Crippen molar-refractivity contribution >= 4 is 22.7 Å². The molecule has 0 saturated carbocycles. The van der Waals surface area contributed by atoms with Crippen molar-refractivity contribution in [3.8, 4) is 12.3 Å². The van der Waals surface area contributed by atoms with Crippen LogP contribution in [0.2, 0.25) is 0 Å². The number of H-pyrrole nitrogens is 1. The number of terminal acetylenes is 1. The zero-order valence-corrected chi connectivity index (χ0v) is 15.8. The van der Waals surface area contributed by atoms with Crippen LogP contribution in [0.15, 0.2) is 24.4 Å². The lowest BCUT2D eigenvalue weighted by Crippen LogP contribution is -2.41. The highest BCUT2D eigenvalue weighted by molar-refractivity contribution is 5.93. The van der Waals surface area contributed by atoms with Crippen LogP contribution in [-0.4, -0.2) is 41.2 Å². The fourth-order valence-electron chi connectivity index (χ4n) is 3.51. The maximum atomic E-state index is 12.2. The van der Waals surface area contributed by atoms with Gasteiger partial charge < -0.3 is 19.9 Å². The quantitative estimate of drug-likeness (QED) is 0.808. The van der Waals surface area contributed by atoms with E-state index in [2.05, 4.69) is 28.5 Å². The minimum absolute atomic E-state index is 0.212. The van der Waals surface area contributed by atoms with Gasteiger partial charge in [-0.2, -0.15) is 0 Å². The Morgan fingerprint density at radius 2 is 2.12 bits per heavy atom. The van der Waals surface area contributed by atoms with Crippen LogP contribution in [0.3, 0.4) is 0 Å². The van der Waals surface area contributed by atoms with Crippen molar-refractivity contribution in [2.24, 2.45) is 0 Å². The van der Waals surface area contributed by atoms with Gasteiger partial charge in [-0.25, -0.2) is 4.79 Å². The summed E-state index contributed by atoms with van der Waals surface area (Å²) in [5.74, 6) is 3.04. The zero-order chi connectivity index (χ0) is 18.7. The average molecular weight is 353 g/mol.